The lowest BCUT2D eigenvalue weighted by atomic mass is 9.96. The van der Waals surface area contributed by atoms with Crippen molar-refractivity contribution in [2.24, 2.45) is 0 Å². The summed E-state index contributed by atoms with van der Waals surface area (Å²) in [5.41, 5.74) is -0.652. The van der Waals surface area contributed by atoms with E-state index in [1.165, 1.54) is 0 Å². The summed E-state index contributed by atoms with van der Waals surface area (Å²) < 4.78 is 0. The molecule has 0 aromatic heterocycles. The minimum Gasteiger partial charge on any atom is -0.384 e. The van der Waals surface area contributed by atoms with Gasteiger partial charge < -0.3 is 15.7 Å². The first-order chi connectivity index (χ1) is 8.86. The highest BCUT2D eigenvalue weighted by Gasteiger charge is 2.26. The Kier molecular flexibility index (Phi) is 5.39. The van der Waals surface area contributed by atoms with Gasteiger partial charge in [0.05, 0.1) is 6.54 Å². The van der Waals surface area contributed by atoms with Gasteiger partial charge in [-0.3, -0.25) is 0 Å². The first-order valence-electron chi connectivity index (χ1n) is 6.01. The molecule has 1 rings (SSSR count). The van der Waals surface area contributed by atoms with E-state index in [9.17, 15) is 9.90 Å². The Bertz CT molecular complexity index is 461. The maximum Gasteiger partial charge on any atom is 0.315 e. The van der Waals surface area contributed by atoms with Gasteiger partial charge in [0, 0.05) is 16.6 Å². The number of aliphatic hydroxyl groups is 1. The largest absolute Gasteiger partial charge is 0.384 e. The van der Waals surface area contributed by atoms with E-state index in [1.54, 1.807) is 44.2 Å². The minimum absolute atomic E-state index is 0.0619. The summed E-state index contributed by atoms with van der Waals surface area (Å²) in [6, 6.07) is 6.51. The van der Waals surface area contributed by atoms with Crippen molar-refractivity contribution >= 4 is 17.6 Å². The van der Waals surface area contributed by atoms with E-state index in [4.69, 9.17) is 11.6 Å². The quantitative estimate of drug-likeness (QED) is 0.727. The number of urea groups is 1. The number of hydrogen-bond acceptors (Lipinski definition) is 2. The van der Waals surface area contributed by atoms with Crippen LogP contribution < -0.4 is 10.6 Å². The van der Waals surface area contributed by atoms with Crippen LogP contribution in [0.15, 0.2) is 36.9 Å². The van der Waals surface area contributed by atoms with Crippen LogP contribution in [0.25, 0.3) is 0 Å². The summed E-state index contributed by atoms with van der Waals surface area (Å²) in [7, 11) is 0. The van der Waals surface area contributed by atoms with Crippen molar-refractivity contribution in [1.82, 2.24) is 10.6 Å². The number of rotatable bonds is 5. The Hall–Kier alpha value is -1.52. The van der Waals surface area contributed by atoms with Gasteiger partial charge in [-0.25, -0.2) is 4.79 Å². The average Bonchev–Trinajstić information content (AvgIpc) is 2.36. The number of amides is 2. The van der Waals surface area contributed by atoms with Crippen LogP contribution >= 0.6 is 11.6 Å². The van der Waals surface area contributed by atoms with Crippen molar-refractivity contribution in [1.29, 1.82) is 0 Å². The van der Waals surface area contributed by atoms with Crippen LogP contribution in [0.3, 0.4) is 0 Å². The van der Waals surface area contributed by atoms with Gasteiger partial charge in [-0.1, -0.05) is 35.9 Å². The third-order valence-corrected chi connectivity index (χ3v) is 3.09. The second-order valence-corrected chi connectivity index (χ2v) is 5.01. The molecule has 0 saturated carbocycles. The average molecular weight is 283 g/mol. The van der Waals surface area contributed by atoms with Crippen LogP contribution in [0.4, 0.5) is 4.79 Å². The van der Waals surface area contributed by atoms with Gasteiger partial charge in [-0.2, -0.15) is 0 Å². The predicted molar refractivity (Wildman–Crippen MR) is 77.2 cm³/mol. The first-order valence-corrected chi connectivity index (χ1v) is 6.39. The van der Waals surface area contributed by atoms with Crippen LogP contribution in [0.2, 0.25) is 5.02 Å². The van der Waals surface area contributed by atoms with Crippen molar-refractivity contribution in [2.45, 2.75) is 25.5 Å². The molecule has 0 aliphatic rings. The van der Waals surface area contributed by atoms with Crippen LogP contribution in [0.1, 0.15) is 19.4 Å². The van der Waals surface area contributed by atoms with Gasteiger partial charge in [0.2, 0.25) is 0 Å². The topological polar surface area (TPSA) is 61.4 Å². The van der Waals surface area contributed by atoms with Crippen molar-refractivity contribution < 1.29 is 9.90 Å². The molecule has 0 unspecified atom stereocenters. The van der Waals surface area contributed by atoms with E-state index in [0.717, 1.165) is 0 Å². The molecule has 0 heterocycles. The second-order valence-electron chi connectivity index (χ2n) is 4.61. The smallest absolute Gasteiger partial charge is 0.315 e. The normalized spacial score (nSPS) is 15.2. The molecule has 2 atom stereocenters. The van der Waals surface area contributed by atoms with E-state index in [2.05, 4.69) is 17.2 Å². The zero-order valence-electron chi connectivity index (χ0n) is 11.1. The molecule has 0 fully saturated rings. The number of carbonyl (C=O) groups is 1. The molecule has 19 heavy (non-hydrogen) atoms. The molecule has 0 aliphatic heterocycles. The molecular formula is C14H19ClN2O2. The van der Waals surface area contributed by atoms with Crippen molar-refractivity contribution in [3.8, 4) is 0 Å². The summed E-state index contributed by atoms with van der Waals surface area (Å²) in [6.07, 6.45) is 1.62. The Morgan fingerprint density at radius 2 is 2.21 bits per heavy atom. The lowest BCUT2D eigenvalue weighted by molar-refractivity contribution is 0.0594. The number of carbonyl (C=O) groups excluding carboxylic acids is 1. The van der Waals surface area contributed by atoms with Gasteiger partial charge in [-0.05, 0) is 19.9 Å². The number of hydrogen-bond donors (Lipinski definition) is 3. The zero-order chi connectivity index (χ0) is 14.5. The fourth-order valence-electron chi connectivity index (χ4n) is 1.56. The Balaban J connectivity index is 2.63. The molecule has 1 aromatic rings. The molecule has 1 aromatic carbocycles. The highest BCUT2D eigenvalue weighted by molar-refractivity contribution is 6.31. The molecule has 0 bridgehead atoms. The van der Waals surface area contributed by atoms with Crippen LogP contribution in [-0.2, 0) is 5.60 Å². The summed E-state index contributed by atoms with van der Waals surface area (Å²) >= 11 is 6.03. The molecule has 3 N–H and O–H groups in total. The van der Waals surface area contributed by atoms with Crippen molar-refractivity contribution in [3.05, 3.63) is 47.5 Å². The molecule has 0 spiro atoms. The first kappa shape index (κ1) is 15.5. The summed E-state index contributed by atoms with van der Waals surface area (Å²) in [4.78, 5) is 11.6. The Labute approximate surface area is 118 Å². The Morgan fingerprint density at radius 3 is 2.79 bits per heavy atom. The molecule has 0 aliphatic carbocycles. The molecule has 4 nitrogen and oxygen atoms in total. The van der Waals surface area contributed by atoms with E-state index in [-0.39, 0.29) is 18.6 Å². The molecule has 104 valence electrons. The van der Waals surface area contributed by atoms with E-state index >= 15 is 0 Å². The van der Waals surface area contributed by atoms with Gasteiger partial charge in [0.25, 0.3) is 0 Å². The third-order valence-electron chi connectivity index (χ3n) is 2.76. The van der Waals surface area contributed by atoms with E-state index in [1.807, 2.05) is 0 Å². The molecule has 5 heteroatoms. The number of halogens is 1. The van der Waals surface area contributed by atoms with E-state index in [0.29, 0.717) is 10.6 Å². The third kappa shape index (κ3) is 4.58. The highest BCUT2D eigenvalue weighted by atomic mass is 35.5. The summed E-state index contributed by atoms with van der Waals surface area (Å²) in [6.45, 7) is 7.04. The summed E-state index contributed by atoms with van der Waals surface area (Å²) in [5.74, 6) is 0. The van der Waals surface area contributed by atoms with E-state index < -0.39 is 5.60 Å². The molecule has 2 amide bonds. The highest BCUT2D eigenvalue weighted by Crippen LogP contribution is 2.26. The summed E-state index contributed by atoms with van der Waals surface area (Å²) in [5, 5.41) is 16.1. The van der Waals surface area contributed by atoms with Crippen LogP contribution in [0.5, 0.6) is 0 Å². The second kappa shape index (κ2) is 6.59. The predicted octanol–water partition coefficient (Wildman–Crippen LogP) is 2.42. The lowest BCUT2D eigenvalue weighted by Gasteiger charge is -2.25. The van der Waals surface area contributed by atoms with Gasteiger partial charge in [0.15, 0.2) is 0 Å². The van der Waals surface area contributed by atoms with Crippen LogP contribution in [0, 0.1) is 0 Å². The number of benzene rings is 1. The maximum absolute atomic E-state index is 11.6. The zero-order valence-corrected chi connectivity index (χ0v) is 11.9. The fourth-order valence-corrected chi connectivity index (χ4v) is 1.90. The molecular weight excluding hydrogens is 264 g/mol. The van der Waals surface area contributed by atoms with Gasteiger partial charge >= 0.3 is 6.03 Å². The standard InChI is InChI=1S/C14H19ClN2O2/c1-4-10(2)17-13(18)16-9-14(3,19)11-7-5-6-8-12(11)15/h4-8,10,19H,1,9H2,2-3H3,(H2,16,17,18)/t10-,14-/m0/s1. The van der Waals surface area contributed by atoms with Crippen molar-refractivity contribution in [3.63, 3.8) is 0 Å². The molecule has 0 radical (unpaired) electrons. The lowest BCUT2D eigenvalue weighted by Crippen LogP contribution is -2.45. The monoisotopic (exact) mass is 282 g/mol. The Morgan fingerprint density at radius 1 is 1.58 bits per heavy atom. The SMILES string of the molecule is C=C[C@H](C)NC(=O)NC[C@](C)(O)c1ccccc1Cl. The number of nitrogens with one attached hydrogen (secondary N) is 2. The van der Waals surface area contributed by atoms with Crippen LogP contribution in [-0.4, -0.2) is 23.7 Å². The van der Waals surface area contributed by atoms with Gasteiger partial charge in [0.1, 0.15) is 5.60 Å². The fraction of sp³-hybridized carbons (Fsp3) is 0.357. The maximum atomic E-state index is 11.6. The molecule has 0 saturated heterocycles. The minimum atomic E-state index is -1.23. The van der Waals surface area contributed by atoms with Crippen molar-refractivity contribution in [2.75, 3.05) is 6.54 Å². The van der Waals surface area contributed by atoms with Gasteiger partial charge in [-0.15, -0.1) is 6.58 Å².